The third-order valence-electron chi connectivity index (χ3n) is 3.53. The summed E-state index contributed by atoms with van der Waals surface area (Å²) in [6.45, 7) is 0.457. The maximum atomic E-state index is 12.9. The molecule has 1 aromatic heterocycles. The molecule has 0 bridgehead atoms. The summed E-state index contributed by atoms with van der Waals surface area (Å²) in [5, 5.41) is 4.49. The molecule has 2 rings (SSSR count). The number of amides is 1. The van der Waals surface area contributed by atoms with Gasteiger partial charge in [0.2, 0.25) is 5.91 Å². The molecule has 0 aliphatic carbocycles. The van der Waals surface area contributed by atoms with Gasteiger partial charge in [-0.1, -0.05) is 6.07 Å². The molecule has 0 atom stereocenters. The first-order valence-electron chi connectivity index (χ1n) is 8.05. The number of rotatable bonds is 9. The smallest absolute Gasteiger partial charge is 0.416 e. The standard InChI is InChI=1S/C18H20F3NO3S/c1-24-9-10-25-16-8-7-13(18(19,20)21)12-15(16)22-17(23)6-2-4-14-5-3-11-26-14/h3,5,7-8,11-12H,2,4,6,9-10H2,1H3,(H,22,23). The van der Waals surface area contributed by atoms with Gasteiger partial charge in [-0.2, -0.15) is 13.2 Å². The van der Waals surface area contributed by atoms with Crippen molar-refractivity contribution in [2.45, 2.75) is 25.4 Å². The van der Waals surface area contributed by atoms with Crippen LogP contribution in [0.4, 0.5) is 18.9 Å². The Morgan fingerprint density at radius 1 is 1.23 bits per heavy atom. The Morgan fingerprint density at radius 2 is 2.04 bits per heavy atom. The van der Waals surface area contributed by atoms with Crippen molar-refractivity contribution in [2.75, 3.05) is 25.6 Å². The van der Waals surface area contributed by atoms with Crippen LogP contribution in [0, 0.1) is 0 Å². The molecule has 0 saturated heterocycles. The van der Waals surface area contributed by atoms with Gasteiger partial charge in [0.05, 0.1) is 17.9 Å². The summed E-state index contributed by atoms with van der Waals surface area (Å²) in [6.07, 6.45) is -2.91. The summed E-state index contributed by atoms with van der Waals surface area (Å²) < 4.78 is 49.1. The molecule has 0 unspecified atom stereocenters. The molecule has 142 valence electrons. The molecule has 0 fully saturated rings. The number of methoxy groups -OCH3 is 1. The second kappa shape index (κ2) is 9.59. The summed E-state index contributed by atoms with van der Waals surface area (Å²) in [6, 6.07) is 6.94. The van der Waals surface area contributed by atoms with Crippen LogP contribution in [0.2, 0.25) is 0 Å². The van der Waals surface area contributed by atoms with E-state index < -0.39 is 11.7 Å². The molecule has 1 N–H and O–H groups in total. The van der Waals surface area contributed by atoms with Crippen LogP contribution in [0.15, 0.2) is 35.7 Å². The zero-order chi connectivity index (χ0) is 19.0. The molecule has 0 radical (unpaired) electrons. The van der Waals surface area contributed by atoms with Gasteiger partial charge in [0.25, 0.3) is 0 Å². The number of hydrogen-bond donors (Lipinski definition) is 1. The molecule has 26 heavy (non-hydrogen) atoms. The molecular formula is C18H20F3NO3S. The zero-order valence-electron chi connectivity index (χ0n) is 14.3. The highest BCUT2D eigenvalue weighted by Gasteiger charge is 2.31. The van der Waals surface area contributed by atoms with Crippen LogP contribution in [0.5, 0.6) is 5.75 Å². The van der Waals surface area contributed by atoms with Crippen LogP contribution in [-0.4, -0.2) is 26.2 Å². The number of hydrogen-bond acceptors (Lipinski definition) is 4. The minimum atomic E-state index is -4.50. The highest BCUT2D eigenvalue weighted by molar-refractivity contribution is 7.09. The maximum Gasteiger partial charge on any atom is 0.416 e. The van der Waals surface area contributed by atoms with Crippen molar-refractivity contribution in [3.63, 3.8) is 0 Å². The van der Waals surface area contributed by atoms with Crippen molar-refractivity contribution < 1.29 is 27.4 Å². The van der Waals surface area contributed by atoms with Gasteiger partial charge in [-0.15, -0.1) is 11.3 Å². The van der Waals surface area contributed by atoms with E-state index in [2.05, 4.69) is 5.32 Å². The topological polar surface area (TPSA) is 47.6 Å². The van der Waals surface area contributed by atoms with E-state index in [0.717, 1.165) is 18.6 Å². The Kier molecular flexibility index (Phi) is 7.47. The molecule has 0 aliphatic rings. The van der Waals surface area contributed by atoms with E-state index in [9.17, 15) is 18.0 Å². The number of carbonyl (C=O) groups is 1. The Morgan fingerprint density at radius 3 is 2.69 bits per heavy atom. The second-order valence-corrected chi connectivity index (χ2v) is 6.56. The van der Waals surface area contributed by atoms with Crippen LogP contribution in [-0.2, 0) is 22.1 Å². The van der Waals surface area contributed by atoms with Crippen LogP contribution >= 0.6 is 11.3 Å². The van der Waals surface area contributed by atoms with Gasteiger partial charge in [0, 0.05) is 18.4 Å². The van der Waals surface area contributed by atoms with Crippen molar-refractivity contribution in [3.8, 4) is 5.75 Å². The lowest BCUT2D eigenvalue weighted by molar-refractivity contribution is -0.137. The minimum Gasteiger partial charge on any atom is -0.489 e. The average Bonchev–Trinajstić information content (AvgIpc) is 3.09. The largest absolute Gasteiger partial charge is 0.489 e. The van der Waals surface area contributed by atoms with Crippen molar-refractivity contribution in [1.82, 2.24) is 0 Å². The molecule has 1 amide bonds. The fraction of sp³-hybridized carbons (Fsp3) is 0.389. The summed E-state index contributed by atoms with van der Waals surface area (Å²) >= 11 is 1.61. The summed E-state index contributed by atoms with van der Waals surface area (Å²) in [5.41, 5.74) is -0.831. The van der Waals surface area contributed by atoms with E-state index in [0.29, 0.717) is 6.42 Å². The Balaban J connectivity index is 2.01. The van der Waals surface area contributed by atoms with Crippen LogP contribution < -0.4 is 10.1 Å². The average molecular weight is 387 g/mol. The van der Waals surface area contributed by atoms with Gasteiger partial charge >= 0.3 is 6.18 Å². The van der Waals surface area contributed by atoms with E-state index in [-0.39, 0.29) is 37.0 Å². The number of benzene rings is 1. The molecule has 0 saturated carbocycles. The van der Waals surface area contributed by atoms with Crippen LogP contribution in [0.25, 0.3) is 0 Å². The summed E-state index contributed by atoms with van der Waals surface area (Å²) in [7, 11) is 1.49. The summed E-state index contributed by atoms with van der Waals surface area (Å²) in [4.78, 5) is 13.3. The number of aryl methyl sites for hydroxylation is 1. The van der Waals surface area contributed by atoms with Crippen molar-refractivity contribution in [2.24, 2.45) is 0 Å². The van der Waals surface area contributed by atoms with Gasteiger partial charge in [-0.25, -0.2) is 0 Å². The number of thiophene rings is 1. The van der Waals surface area contributed by atoms with Gasteiger partial charge < -0.3 is 14.8 Å². The molecule has 4 nitrogen and oxygen atoms in total. The first-order valence-corrected chi connectivity index (χ1v) is 8.93. The first kappa shape index (κ1) is 20.3. The Labute approximate surface area is 153 Å². The van der Waals surface area contributed by atoms with E-state index in [4.69, 9.17) is 9.47 Å². The fourth-order valence-electron chi connectivity index (χ4n) is 2.26. The van der Waals surface area contributed by atoms with E-state index in [1.807, 2.05) is 17.5 Å². The molecule has 8 heteroatoms. The number of nitrogens with one attached hydrogen (secondary N) is 1. The molecule has 0 aliphatic heterocycles. The van der Waals surface area contributed by atoms with E-state index in [1.165, 1.54) is 18.1 Å². The van der Waals surface area contributed by atoms with Crippen LogP contribution in [0.3, 0.4) is 0 Å². The third-order valence-corrected chi connectivity index (χ3v) is 4.47. The predicted molar refractivity (Wildman–Crippen MR) is 94.7 cm³/mol. The monoisotopic (exact) mass is 387 g/mol. The molecule has 0 spiro atoms. The van der Waals surface area contributed by atoms with Gasteiger partial charge in [0.1, 0.15) is 12.4 Å². The Bertz CT molecular complexity index is 702. The van der Waals surface area contributed by atoms with Crippen molar-refractivity contribution in [1.29, 1.82) is 0 Å². The number of carbonyl (C=O) groups excluding carboxylic acids is 1. The van der Waals surface area contributed by atoms with E-state index >= 15 is 0 Å². The lowest BCUT2D eigenvalue weighted by Gasteiger charge is -2.15. The van der Waals surface area contributed by atoms with Gasteiger partial charge in [-0.05, 0) is 42.5 Å². The zero-order valence-corrected chi connectivity index (χ0v) is 15.1. The SMILES string of the molecule is COCCOc1ccc(C(F)(F)F)cc1NC(=O)CCCc1cccs1. The lowest BCUT2D eigenvalue weighted by Crippen LogP contribution is -2.15. The number of alkyl halides is 3. The number of halogens is 3. The number of ether oxygens (including phenoxy) is 2. The fourth-order valence-corrected chi connectivity index (χ4v) is 3.01. The minimum absolute atomic E-state index is 0.0112. The highest BCUT2D eigenvalue weighted by atomic mass is 32.1. The normalized spacial score (nSPS) is 11.4. The van der Waals surface area contributed by atoms with Crippen LogP contribution in [0.1, 0.15) is 23.3 Å². The summed E-state index contributed by atoms with van der Waals surface area (Å²) in [5.74, 6) is -0.167. The highest BCUT2D eigenvalue weighted by Crippen LogP contribution is 2.35. The number of anilines is 1. The molecule has 1 heterocycles. The third kappa shape index (κ3) is 6.34. The van der Waals surface area contributed by atoms with E-state index in [1.54, 1.807) is 11.3 Å². The van der Waals surface area contributed by atoms with Gasteiger partial charge in [-0.3, -0.25) is 4.79 Å². The molecule has 2 aromatic rings. The van der Waals surface area contributed by atoms with Crippen molar-refractivity contribution in [3.05, 3.63) is 46.2 Å². The first-order chi connectivity index (χ1) is 12.4. The second-order valence-electron chi connectivity index (χ2n) is 5.53. The van der Waals surface area contributed by atoms with Gasteiger partial charge in [0.15, 0.2) is 0 Å². The molecular weight excluding hydrogens is 367 g/mol. The van der Waals surface area contributed by atoms with Crippen molar-refractivity contribution >= 4 is 22.9 Å². The maximum absolute atomic E-state index is 12.9. The predicted octanol–water partition coefficient (Wildman–Crippen LogP) is 4.75. The molecule has 1 aromatic carbocycles. The Hall–Kier alpha value is -2.06. The quantitative estimate of drug-likeness (QED) is 0.632. The lowest BCUT2D eigenvalue weighted by atomic mass is 10.1.